The largest absolute Gasteiger partial charge is 0.454 e. The minimum absolute atomic E-state index is 0.244. The van der Waals surface area contributed by atoms with Crippen molar-refractivity contribution >= 4 is 22.8 Å². The fraction of sp³-hybridized carbons (Fsp3) is 0.118. The maximum Gasteiger partial charge on any atom is 0.231 e. The van der Waals surface area contributed by atoms with Crippen molar-refractivity contribution in [3.05, 3.63) is 54.0 Å². The molecule has 0 saturated carbocycles. The van der Waals surface area contributed by atoms with E-state index in [-0.39, 0.29) is 6.79 Å². The molecule has 0 saturated heterocycles. The lowest BCUT2D eigenvalue weighted by Crippen LogP contribution is -1.95. The fourth-order valence-corrected chi connectivity index (χ4v) is 2.47. The van der Waals surface area contributed by atoms with E-state index < -0.39 is 0 Å². The molecule has 0 aliphatic carbocycles. The molecule has 6 nitrogen and oxygen atoms in total. The number of aryl methyl sites for hydroxylation is 1. The zero-order chi connectivity index (χ0) is 15.6. The summed E-state index contributed by atoms with van der Waals surface area (Å²) in [6.07, 6.45) is 5.21. The van der Waals surface area contributed by atoms with Crippen LogP contribution in [-0.2, 0) is 0 Å². The van der Waals surface area contributed by atoms with Crippen LogP contribution in [0.5, 0.6) is 11.5 Å². The summed E-state index contributed by atoms with van der Waals surface area (Å²) in [4.78, 5) is 8.53. The summed E-state index contributed by atoms with van der Waals surface area (Å²) in [6.45, 7) is 2.19. The number of pyridine rings is 2. The van der Waals surface area contributed by atoms with E-state index in [1.807, 2.05) is 37.3 Å². The maximum absolute atomic E-state index is 5.44. The van der Waals surface area contributed by atoms with E-state index in [4.69, 9.17) is 9.47 Å². The Kier molecular flexibility index (Phi) is 3.27. The van der Waals surface area contributed by atoms with Crippen LogP contribution in [0.3, 0.4) is 0 Å². The smallest absolute Gasteiger partial charge is 0.231 e. The number of ether oxygens (including phenoxy) is 2. The Labute approximate surface area is 132 Å². The third kappa shape index (κ3) is 2.66. The molecule has 1 aromatic carbocycles. The molecule has 0 radical (unpaired) electrons. The molecule has 114 valence electrons. The number of fused-ring (bicyclic) bond motifs is 2. The molecule has 2 aromatic heterocycles. The van der Waals surface area contributed by atoms with Gasteiger partial charge in [-0.05, 0) is 36.8 Å². The number of aromatic nitrogens is 2. The number of nitrogens with zero attached hydrogens (tertiary/aromatic N) is 3. The summed E-state index contributed by atoms with van der Waals surface area (Å²) in [7, 11) is 0. The highest BCUT2D eigenvalue weighted by Crippen LogP contribution is 2.38. The Morgan fingerprint density at radius 3 is 2.74 bits per heavy atom. The van der Waals surface area contributed by atoms with Crippen LogP contribution in [0.1, 0.15) is 11.3 Å². The number of rotatable bonds is 3. The van der Waals surface area contributed by atoms with Crippen molar-refractivity contribution in [3.63, 3.8) is 0 Å². The van der Waals surface area contributed by atoms with Gasteiger partial charge in [-0.2, -0.15) is 5.10 Å². The predicted molar refractivity (Wildman–Crippen MR) is 88.1 cm³/mol. The van der Waals surface area contributed by atoms with Crippen LogP contribution in [-0.4, -0.2) is 23.0 Å². The lowest BCUT2D eigenvalue weighted by molar-refractivity contribution is 0.174. The van der Waals surface area contributed by atoms with Gasteiger partial charge < -0.3 is 9.47 Å². The second kappa shape index (κ2) is 5.57. The standard InChI is InChI=1S/C17H14N4O2/c1-11-6-15(21-19-9-12-2-4-18-5-3-12)13-7-16-17(23-10-22-16)8-14(13)20-11/h2-9H,10H2,1H3,(H,20,21)/b19-9+. The maximum atomic E-state index is 5.44. The van der Waals surface area contributed by atoms with E-state index in [2.05, 4.69) is 20.5 Å². The SMILES string of the molecule is Cc1cc(N/N=C/c2ccncc2)c2cc3c(cc2n1)OCO3. The third-order valence-electron chi connectivity index (χ3n) is 3.54. The quantitative estimate of drug-likeness (QED) is 0.595. The highest BCUT2D eigenvalue weighted by atomic mass is 16.7. The van der Waals surface area contributed by atoms with Crippen molar-refractivity contribution in [3.8, 4) is 11.5 Å². The van der Waals surface area contributed by atoms with Gasteiger partial charge in [0.15, 0.2) is 11.5 Å². The van der Waals surface area contributed by atoms with Gasteiger partial charge in [0.1, 0.15) is 0 Å². The van der Waals surface area contributed by atoms with Crippen molar-refractivity contribution in [2.45, 2.75) is 6.92 Å². The first-order chi connectivity index (χ1) is 11.3. The average molecular weight is 306 g/mol. The number of hydrazone groups is 1. The molecule has 0 spiro atoms. The van der Waals surface area contributed by atoms with E-state index in [0.29, 0.717) is 0 Å². The van der Waals surface area contributed by atoms with Crippen LogP contribution in [0.25, 0.3) is 10.9 Å². The monoisotopic (exact) mass is 306 g/mol. The lowest BCUT2D eigenvalue weighted by atomic mass is 10.1. The van der Waals surface area contributed by atoms with Gasteiger partial charge in [0, 0.05) is 29.5 Å². The highest BCUT2D eigenvalue weighted by molar-refractivity contribution is 5.94. The van der Waals surface area contributed by atoms with Crippen molar-refractivity contribution < 1.29 is 9.47 Å². The normalized spacial score (nSPS) is 12.9. The van der Waals surface area contributed by atoms with E-state index in [0.717, 1.165) is 39.3 Å². The van der Waals surface area contributed by atoms with Gasteiger partial charge in [-0.25, -0.2) is 0 Å². The number of hydrogen-bond acceptors (Lipinski definition) is 6. The second-order valence-electron chi connectivity index (χ2n) is 5.18. The molecular weight excluding hydrogens is 292 g/mol. The summed E-state index contributed by atoms with van der Waals surface area (Å²) < 4.78 is 10.8. The Balaban J connectivity index is 1.70. The first-order valence-corrected chi connectivity index (χ1v) is 7.20. The molecule has 0 unspecified atom stereocenters. The predicted octanol–water partition coefficient (Wildman–Crippen LogP) is 3.11. The van der Waals surface area contributed by atoms with Crippen LogP contribution < -0.4 is 14.9 Å². The summed E-state index contributed by atoms with van der Waals surface area (Å²) >= 11 is 0. The second-order valence-corrected chi connectivity index (χ2v) is 5.18. The highest BCUT2D eigenvalue weighted by Gasteiger charge is 2.16. The lowest BCUT2D eigenvalue weighted by Gasteiger charge is -2.08. The summed E-state index contributed by atoms with van der Waals surface area (Å²) in [5.41, 5.74) is 6.67. The van der Waals surface area contributed by atoms with Gasteiger partial charge >= 0.3 is 0 Å². The van der Waals surface area contributed by atoms with Crippen molar-refractivity contribution in [1.82, 2.24) is 9.97 Å². The first-order valence-electron chi connectivity index (χ1n) is 7.20. The molecule has 1 N–H and O–H groups in total. The van der Waals surface area contributed by atoms with Crippen molar-refractivity contribution in [1.29, 1.82) is 0 Å². The molecule has 0 bridgehead atoms. The number of benzene rings is 1. The van der Waals surface area contributed by atoms with Crippen molar-refractivity contribution in [2.24, 2.45) is 5.10 Å². The van der Waals surface area contributed by atoms with E-state index in [9.17, 15) is 0 Å². The van der Waals surface area contributed by atoms with Crippen LogP contribution in [0.2, 0.25) is 0 Å². The first kappa shape index (κ1) is 13.5. The zero-order valence-electron chi connectivity index (χ0n) is 12.5. The third-order valence-corrected chi connectivity index (χ3v) is 3.54. The average Bonchev–Trinajstić information content (AvgIpc) is 3.01. The minimum Gasteiger partial charge on any atom is -0.454 e. The van der Waals surface area contributed by atoms with Crippen LogP contribution >= 0.6 is 0 Å². The molecule has 1 aliphatic rings. The Morgan fingerprint density at radius 2 is 1.91 bits per heavy atom. The van der Waals surface area contributed by atoms with Gasteiger partial charge in [0.25, 0.3) is 0 Å². The molecule has 23 heavy (non-hydrogen) atoms. The fourth-order valence-electron chi connectivity index (χ4n) is 2.47. The Bertz CT molecular complexity index is 894. The summed E-state index contributed by atoms with van der Waals surface area (Å²) in [6, 6.07) is 9.55. The van der Waals surface area contributed by atoms with Crippen LogP contribution in [0.4, 0.5) is 5.69 Å². The molecule has 3 aromatic rings. The molecular formula is C17H14N4O2. The Hall–Kier alpha value is -3.15. The van der Waals surface area contributed by atoms with E-state index >= 15 is 0 Å². The zero-order valence-corrected chi connectivity index (χ0v) is 12.5. The van der Waals surface area contributed by atoms with Crippen LogP contribution in [0, 0.1) is 6.92 Å². The van der Waals surface area contributed by atoms with E-state index in [1.54, 1.807) is 18.6 Å². The van der Waals surface area contributed by atoms with Gasteiger partial charge in [0.2, 0.25) is 6.79 Å². The topological polar surface area (TPSA) is 68.6 Å². The molecule has 0 fully saturated rings. The molecule has 1 aliphatic heterocycles. The molecule has 0 amide bonds. The summed E-state index contributed by atoms with van der Waals surface area (Å²) in [5.74, 6) is 1.45. The Morgan fingerprint density at radius 1 is 1.13 bits per heavy atom. The molecule has 6 heteroatoms. The van der Waals surface area contributed by atoms with Crippen LogP contribution in [0.15, 0.2) is 47.8 Å². The number of hydrogen-bond donors (Lipinski definition) is 1. The van der Waals surface area contributed by atoms with Gasteiger partial charge in [0.05, 0.1) is 17.4 Å². The minimum atomic E-state index is 0.244. The number of nitrogens with one attached hydrogen (secondary N) is 1. The molecule has 4 rings (SSSR count). The molecule has 0 atom stereocenters. The number of anilines is 1. The molecule has 3 heterocycles. The van der Waals surface area contributed by atoms with Gasteiger partial charge in [-0.15, -0.1) is 0 Å². The van der Waals surface area contributed by atoms with Crippen molar-refractivity contribution in [2.75, 3.05) is 12.2 Å². The van der Waals surface area contributed by atoms with Gasteiger partial charge in [-0.3, -0.25) is 15.4 Å². The van der Waals surface area contributed by atoms with Gasteiger partial charge in [-0.1, -0.05) is 0 Å². The van der Waals surface area contributed by atoms with E-state index in [1.165, 1.54) is 0 Å². The summed E-state index contributed by atoms with van der Waals surface area (Å²) in [5, 5.41) is 5.23.